The van der Waals surface area contributed by atoms with E-state index in [2.05, 4.69) is 9.71 Å². The van der Waals surface area contributed by atoms with Crippen LogP contribution in [0.5, 0.6) is 0 Å². The van der Waals surface area contributed by atoms with Crippen LogP contribution < -0.4 is 4.72 Å². The molecule has 0 saturated carbocycles. The number of para-hydroxylation sites is 1. The summed E-state index contributed by atoms with van der Waals surface area (Å²) in [6, 6.07) is 16.2. The summed E-state index contributed by atoms with van der Waals surface area (Å²) in [6.45, 7) is 1.11. The minimum atomic E-state index is -3.52. The van der Waals surface area contributed by atoms with Gasteiger partial charge in [0.05, 0.1) is 20.9 Å². The van der Waals surface area contributed by atoms with Crippen LogP contribution in [0, 0.1) is 0 Å². The number of sulfonamides is 1. The second kappa shape index (κ2) is 8.83. The monoisotopic (exact) mass is 447 g/mol. The van der Waals surface area contributed by atoms with Gasteiger partial charge in [0, 0.05) is 19.1 Å². The number of hydrogen-bond donors (Lipinski definition) is 1. The number of thioether (sulfide) groups is 1. The molecular weight excluding hydrogens is 426 g/mol. The molecule has 0 unspecified atom stereocenters. The molecule has 2 aromatic carbocycles. The van der Waals surface area contributed by atoms with Gasteiger partial charge in [0.1, 0.15) is 0 Å². The standard InChI is InChI=1S/C20H21N3O3S3/c24-19(14-27-20-21-17-8-4-5-9-18(17)28-20)23-12-10-15(11-13-23)22-29(25,26)16-6-2-1-3-7-16/h1-9,15,22H,10-14H2. The lowest BCUT2D eigenvalue weighted by atomic mass is 10.1. The molecular formula is C20H21N3O3S3. The highest BCUT2D eigenvalue weighted by molar-refractivity contribution is 8.01. The van der Waals surface area contributed by atoms with Gasteiger partial charge < -0.3 is 4.90 Å². The van der Waals surface area contributed by atoms with Crippen LogP contribution in [-0.2, 0) is 14.8 Å². The number of aromatic nitrogens is 1. The van der Waals surface area contributed by atoms with Crippen molar-refractivity contribution in [2.75, 3.05) is 18.8 Å². The van der Waals surface area contributed by atoms with Gasteiger partial charge in [-0.3, -0.25) is 4.79 Å². The Morgan fingerprint density at radius 3 is 2.52 bits per heavy atom. The van der Waals surface area contributed by atoms with Crippen LogP contribution in [-0.4, -0.2) is 49.1 Å². The molecule has 3 aromatic rings. The molecule has 6 nitrogen and oxygen atoms in total. The zero-order valence-electron chi connectivity index (χ0n) is 15.7. The zero-order valence-corrected chi connectivity index (χ0v) is 18.1. The number of amides is 1. The average Bonchev–Trinajstić information content (AvgIpc) is 3.16. The summed E-state index contributed by atoms with van der Waals surface area (Å²) in [5, 5.41) is 0. The van der Waals surface area contributed by atoms with Crippen molar-refractivity contribution in [2.45, 2.75) is 28.1 Å². The molecule has 1 fully saturated rings. The lowest BCUT2D eigenvalue weighted by Gasteiger charge is -2.32. The summed E-state index contributed by atoms with van der Waals surface area (Å²) in [6.07, 6.45) is 1.23. The fourth-order valence-electron chi connectivity index (χ4n) is 3.26. The van der Waals surface area contributed by atoms with Gasteiger partial charge in [0.2, 0.25) is 15.9 Å². The van der Waals surface area contributed by atoms with Crippen molar-refractivity contribution in [2.24, 2.45) is 0 Å². The number of nitrogens with one attached hydrogen (secondary N) is 1. The third-order valence-corrected chi connectivity index (χ3v) is 8.52. The number of benzene rings is 2. The maximum absolute atomic E-state index is 12.5. The van der Waals surface area contributed by atoms with Crippen molar-refractivity contribution >= 4 is 49.2 Å². The van der Waals surface area contributed by atoms with Crippen molar-refractivity contribution in [1.29, 1.82) is 0 Å². The van der Waals surface area contributed by atoms with E-state index in [-0.39, 0.29) is 16.8 Å². The van der Waals surface area contributed by atoms with E-state index in [0.29, 0.717) is 31.7 Å². The average molecular weight is 448 g/mol. The molecule has 29 heavy (non-hydrogen) atoms. The first-order valence-electron chi connectivity index (χ1n) is 9.35. The van der Waals surface area contributed by atoms with Crippen LogP contribution >= 0.6 is 23.1 Å². The molecule has 1 aliphatic heterocycles. The molecule has 152 valence electrons. The number of hydrogen-bond acceptors (Lipinski definition) is 6. The number of likely N-dealkylation sites (tertiary alicyclic amines) is 1. The van der Waals surface area contributed by atoms with Crippen LogP contribution in [0.2, 0.25) is 0 Å². The second-order valence-corrected chi connectivity index (χ2v) is 10.8. The Balaban J connectivity index is 1.27. The number of carbonyl (C=O) groups is 1. The molecule has 1 amide bonds. The van der Waals surface area contributed by atoms with Crippen LogP contribution in [0.4, 0.5) is 0 Å². The fourth-order valence-corrected chi connectivity index (χ4v) is 6.56. The predicted molar refractivity (Wildman–Crippen MR) is 117 cm³/mol. The van der Waals surface area contributed by atoms with Gasteiger partial charge in [-0.1, -0.05) is 42.1 Å². The van der Waals surface area contributed by atoms with Crippen molar-refractivity contribution in [3.63, 3.8) is 0 Å². The van der Waals surface area contributed by atoms with Crippen molar-refractivity contribution in [3.05, 3.63) is 54.6 Å². The van der Waals surface area contributed by atoms with Gasteiger partial charge in [-0.2, -0.15) is 0 Å². The molecule has 2 heterocycles. The van der Waals surface area contributed by atoms with E-state index in [1.165, 1.54) is 11.8 Å². The molecule has 0 atom stereocenters. The summed E-state index contributed by atoms with van der Waals surface area (Å²) >= 11 is 3.06. The summed E-state index contributed by atoms with van der Waals surface area (Å²) in [7, 11) is -3.52. The Morgan fingerprint density at radius 1 is 1.10 bits per heavy atom. The third-order valence-electron chi connectivity index (χ3n) is 4.82. The lowest BCUT2D eigenvalue weighted by Crippen LogP contribution is -2.46. The lowest BCUT2D eigenvalue weighted by molar-refractivity contribution is -0.129. The molecule has 0 spiro atoms. The Bertz CT molecular complexity index is 1060. The highest BCUT2D eigenvalue weighted by atomic mass is 32.2. The number of thiazole rings is 1. The Kier molecular flexibility index (Phi) is 6.19. The minimum absolute atomic E-state index is 0.0682. The van der Waals surface area contributed by atoms with E-state index in [4.69, 9.17) is 0 Å². The molecule has 9 heteroatoms. The quantitative estimate of drug-likeness (QED) is 0.586. The summed E-state index contributed by atoms with van der Waals surface area (Å²) in [5.41, 5.74) is 0.957. The summed E-state index contributed by atoms with van der Waals surface area (Å²) in [4.78, 5) is 19.2. The van der Waals surface area contributed by atoms with E-state index in [1.807, 2.05) is 29.2 Å². The van der Waals surface area contributed by atoms with E-state index in [0.717, 1.165) is 14.6 Å². The predicted octanol–water partition coefficient (Wildman–Crippen LogP) is 3.36. The van der Waals surface area contributed by atoms with Crippen LogP contribution in [0.15, 0.2) is 63.8 Å². The largest absolute Gasteiger partial charge is 0.342 e. The first-order valence-corrected chi connectivity index (χ1v) is 12.6. The number of rotatable bonds is 6. The molecule has 0 bridgehead atoms. The number of fused-ring (bicyclic) bond motifs is 1. The maximum atomic E-state index is 12.5. The smallest absolute Gasteiger partial charge is 0.240 e. The molecule has 0 radical (unpaired) electrons. The van der Waals surface area contributed by atoms with Crippen molar-refractivity contribution < 1.29 is 13.2 Å². The van der Waals surface area contributed by atoms with Crippen molar-refractivity contribution in [1.82, 2.24) is 14.6 Å². The van der Waals surface area contributed by atoms with Gasteiger partial charge in [-0.05, 0) is 37.1 Å². The van der Waals surface area contributed by atoms with Gasteiger partial charge in [-0.15, -0.1) is 11.3 Å². The van der Waals surface area contributed by atoms with Gasteiger partial charge >= 0.3 is 0 Å². The Morgan fingerprint density at radius 2 is 1.79 bits per heavy atom. The molecule has 1 N–H and O–H groups in total. The highest BCUT2D eigenvalue weighted by Crippen LogP contribution is 2.29. The molecule has 1 aliphatic rings. The topological polar surface area (TPSA) is 79.4 Å². The highest BCUT2D eigenvalue weighted by Gasteiger charge is 2.26. The molecule has 1 aromatic heterocycles. The minimum Gasteiger partial charge on any atom is -0.342 e. The maximum Gasteiger partial charge on any atom is 0.240 e. The van der Waals surface area contributed by atoms with E-state index < -0.39 is 10.0 Å². The molecule has 4 rings (SSSR count). The van der Waals surface area contributed by atoms with E-state index in [9.17, 15) is 13.2 Å². The van der Waals surface area contributed by atoms with Crippen LogP contribution in [0.1, 0.15) is 12.8 Å². The SMILES string of the molecule is O=C(CSc1nc2ccccc2s1)N1CCC(NS(=O)(=O)c2ccccc2)CC1. The Labute approximate surface area is 178 Å². The third kappa shape index (κ3) is 4.98. The molecule has 0 aliphatic carbocycles. The summed E-state index contributed by atoms with van der Waals surface area (Å²) < 4.78 is 29.7. The first-order chi connectivity index (χ1) is 14.0. The van der Waals surface area contributed by atoms with Crippen LogP contribution in [0.3, 0.4) is 0 Å². The van der Waals surface area contributed by atoms with Gasteiger partial charge in [0.25, 0.3) is 0 Å². The second-order valence-electron chi connectivity index (χ2n) is 6.83. The normalized spacial score (nSPS) is 15.7. The van der Waals surface area contributed by atoms with Gasteiger partial charge in [0.15, 0.2) is 4.34 Å². The molecule has 1 saturated heterocycles. The Hall–Kier alpha value is -1.94. The van der Waals surface area contributed by atoms with Crippen LogP contribution in [0.25, 0.3) is 10.2 Å². The zero-order chi connectivity index (χ0) is 20.3. The fraction of sp³-hybridized carbons (Fsp3) is 0.300. The van der Waals surface area contributed by atoms with E-state index >= 15 is 0 Å². The van der Waals surface area contributed by atoms with Crippen molar-refractivity contribution in [3.8, 4) is 0 Å². The number of nitrogens with zero attached hydrogens (tertiary/aromatic N) is 2. The first kappa shape index (κ1) is 20.3. The van der Waals surface area contributed by atoms with Gasteiger partial charge in [-0.25, -0.2) is 18.1 Å². The number of carbonyl (C=O) groups excluding carboxylic acids is 1. The number of piperidine rings is 1. The summed E-state index contributed by atoms with van der Waals surface area (Å²) in [5.74, 6) is 0.416. The van der Waals surface area contributed by atoms with E-state index in [1.54, 1.807) is 41.7 Å².